The summed E-state index contributed by atoms with van der Waals surface area (Å²) in [4.78, 5) is 13.3. The molecule has 1 aromatic carbocycles. The third-order valence-corrected chi connectivity index (χ3v) is 2.96. The lowest BCUT2D eigenvalue weighted by Crippen LogP contribution is -2.30. The first-order chi connectivity index (χ1) is 8.08. The Morgan fingerprint density at radius 1 is 1.41 bits per heavy atom. The van der Waals surface area contributed by atoms with E-state index in [0.29, 0.717) is 24.7 Å². The van der Waals surface area contributed by atoms with E-state index in [2.05, 4.69) is 0 Å². The van der Waals surface area contributed by atoms with Crippen molar-refractivity contribution in [3.8, 4) is 0 Å². The molecule has 17 heavy (non-hydrogen) atoms. The molecule has 1 heterocycles. The second kappa shape index (κ2) is 4.63. The predicted molar refractivity (Wildman–Crippen MR) is 66.1 cm³/mol. The highest BCUT2D eigenvalue weighted by molar-refractivity contribution is 5.81. The Kier molecular flexibility index (Phi) is 3.19. The molecule has 0 spiro atoms. The topological polar surface area (TPSA) is 81.6 Å². The molecule has 1 atom stereocenters. The minimum atomic E-state index is -0.313. The molecule has 2 rings (SSSR count). The van der Waals surface area contributed by atoms with Gasteiger partial charge in [0.25, 0.3) is 5.91 Å². The fourth-order valence-electron chi connectivity index (χ4n) is 1.81. The van der Waals surface area contributed by atoms with Crippen molar-refractivity contribution >= 4 is 17.3 Å². The number of carbonyl (C=O) groups is 1. The number of ether oxygens (including phenoxy) is 1. The lowest BCUT2D eigenvalue weighted by atomic mass is 10.1. The molecule has 5 heteroatoms. The Hall–Kier alpha value is -1.75. The number of nitrogen functional groups attached to an aromatic ring is 2. The molecule has 0 aromatic heterocycles. The lowest BCUT2D eigenvalue weighted by Gasteiger charge is -2.14. The van der Waals surface area contributed by atoms with Crippen LogP contribution >= 0.6 is 0 Å². The Balaban J connectivity index is 1.94. The van der Waals surface area contributed by atoms with Crippen molar-refractivity contribution in [2.24, 2.45) is 0 Å². The summed E-state index contributed by atoms with van der Waals surface area (Å²) in [5.74, 6) is 0.0495. The minimum Gasteiger partial charge on any atom is -0.397 e. The van der Waals surface area contributed by atoms with Crippen molar-refractivity contribution in [2.75, 3.05) is 24.7 Å². The van der Waals surface area contributed by atoms with Crippen molar-refractivity contribution < 1.29 is 9.53 Å². The Morgan fingerprint density at radius 2 is 2.18 bits per heavy atom. The van der Waals surface area contributed by atoms with Crippen LogP contribution in [0.1, 0.15) is 12.5 Å². The number of hydrogen-bond donors (Lipinski definition) is 2. The average molecular weight is 235 g/mol. The lowest BCUT2D eigenvalue weighted by molar-refractivity contribution is -0.129. The molecule has 5 nitrogen and oxygen atoms in total. The number of carbonyl (C=O) groups excluding carboxylic acids is 1. The molecule has 1 aromatic rings. The normalized spacial score (nSPS) is 19.9. The summed E-state index contributed by atoms with van der Waals surface area (Å²) in [6.07, 6.45) is 0.443. The number of hydrogen-bond acceptors (Lipinski definition) is 4. The average Bonchev–Trinajstić information content (AvgIpc) is 2.62. The fraction of sp³-hybridized carbons (Fsp3) is 0.417. The molecule has 1 aliphatic heterocycles. The van der Waals surface area contributed by atoms with Crippen molar-refractivity contribution in [3.05, 3.63) is 23.8 Å². The maximum Gasteiger partial charge on any atom is 0.253 e. The van der Waals surface area contributed by atoms with Gasteiger partial charge in [0, 0.05) is 6.54 Å². The zero-order chi connectivity index (χ0) is 12.4. The first-order valence-electron chi connectivity index (χ1n) is 5.62. The molecule has 0 saturated carbocycles. The summed E-state index contributed by atoms with van der Waals surface area (Å²) in [7, 11) is 0. The van der Waals surface area contributed by atoms with Gasteiger partial charge in [0.1, 0.15) is 12.8 Å². The first-order valence-corrected chi connectivity index (χ1v) is 5.62. The van der Waals surface area contributed by atoms with E-state index in [1.54, 1.807) is 17.9 Å². The van der Waals surface area contributed by atoms with Gasteiger partial charge in [-0.2, -0.15) is 0 Å². The Labute approximate surface area is 100 Å². The van der Waals surface area contributed by atoms with E-state index in [0.717, 1.165) is 12.0 Å². The van der Waals surface area contributed by atoms with Gasteiger partial charge in [0.2, 0.25) is 0 Å². The van der Waals surface area contributed by atoms with E-state index in [1.165, 1.54) is 0 Å². The van der Waals surface area contributed by atoms with Gasteiger partial charge < -0.3 is 21.1 Å². The van der Waals surface area contributed by atoms with Crippen LogP contribution in [-0.2, 0) is 16.0 Å². The van der Waals surface area contributed by atoms with Crippen LogP contribution in [0.4, 0.5) is 11.4 Å². The molecule has 1 amide bonds. The van der Waals surface area contributed by atoms with Gasteiger partial charge in [-0.15, -0.1) is 0 Å². The molecular weight excluding hydrogens is 218 g/mol. The maximum absolute atomic E-state index is 11.6. The van der Waals surface area contributed by atoms with Gasteiger partial charge in [-0.25, -0.2) is 0 Å². The fourth-order valence-corrected chi connectivity index (χ4v) is 1.81. The van der Waals surface area contributed by atoms with Gasteiger partial charge in [-0.1, -0.05) is 6.07 Å². The van der Waals surface area contributed by atoms with Crippen molar-refractivity contribution in [1.29, 1.82) is 0 Å². The molecule has 0 unspecified atom stereocenters. The number of rotatable bonds is 3. The summed E-state index contributed by atoms with van der Waals surface area (Å²) in [5, 5.41) is 0. The van der Waals surface area contributed by atoms with Crippen LogP contribution in [0.5, 0.6) is 0 Å². The molecular formula is C12H17N3O2. The van der Waals surface area contributed by atoms with Crippen LogP contribution in [0.15, 0.2) is 18.2 Å². The number of nitrogens with two attached hydrogens (primary N) is 2. The zero-order valence-corrected chi connectivity index (χ0v) is 9.85. The third-order valence-electron chi connectivity index (χ3n) is 2.96. The van der Waals surface area contributed by atoms with Crippen LogP contribution in [0.25, 0.3) is 0 Å². The molecule has 0 radical (unpaired) electrons. The minimum absolute atomic E-state index is 0.0495. The van der Waals surface area contributed by atoms with E-state index in [9.17, 15) is 4.79 Å². The molecule has 1 aliphatic rings. The van der Waals surface area contributed by atoms with Crippen molar-refractivity contribution in [1.82, 2.24) is 4.90 Å². The van der Waals surface area contributed by atoms with E-state index in [4.69, 9.17) is 16.2 Å². The molecule has 0 bridgehead atoms. The van der Waals surface area contributed by atoms with Gasteiger partial charge in [-0.3, -0.25) is 4.79 Å². The summed E-state index contributed by atoms with van der Waals surface area (Å²) in [5.41, 5.74) is 13.6. The van der Waals surface area contributed by atoms with E-state index in [1.807, 2.05) is 12.1 Å². The molecule has 4 N–H and O–H groups in total. The highest BCUT2D eigenvalue weighted by Crippen LogP contribution is 2.17. The number of benzene rings is 1. The largest absolute Gasteiger partial charge is 0.397 e. The Bertz CT molecular complexity index is 434. The van der Waals surface area contributed by atoms with Crippen molar-refractivity contribution in [2.45, 2.75) is 19.4 Å². The zero-order valence-electron chi connectivity index (χ0n) is 9.85. The quantitative estimate of drug-likeness (QED) is 0.752. The summed E-state index contributed by atoms with van der Waals surface area (Å²) < 4.78 is 5.24. The predicted octanol–water partition coefficient (Wildman–Crippen LogP) is 0.598. The molecule has 0 aliphatic carbocycles. The van der Waals surface area contributed by atoms with E-state index < -0.39 is 0 Å². The summed E-state index contributed by atoms with van der Waals surface area (Å²) in [6, 6.07) is 5.56. The number of amides is 1. The van der Waals surface area contributed by atoms with E-state index in [-0.39, 0.29) is 12.0 Å². The number of nitrogens with zero attached hydrogens (tertiary/aromatic N) is 1. The van der Waals surface area contributed by atoms with E-state index >= 15 is 0 Å². The van der Waals surface area contributed by atoms with Crippen molar-refractivity contribution in [3.63, 3.8) is 0 Å². The summed E-state index contributed by atoms with van der Waals surface area (Å²) in [6.45, 7) is 2.79. The smallest absolute Gasteiger partial charge is 0.253 e. The van der Waals surface area contributed by atoms with Crippen LogP contribution < -0.4 is 11.5 Å². The maximum atomic E-state index is 11.6. The molecule has 92 valence electrons. The highest BCUT2D eigenvalue weighted by Gasteiger charge is 2.28. The van der Waals surface area contributed by atoms with Gasteiger partial charge >= 0.3 is 0 Å². The standard InChI is InChI=1S/C12H17N3O2/c1-8-12(16)15(7-17-8)5-4-9-2-3-10(13)11(14)6-9/h2-3,6,8H,4-5,7,13-14H2,1H3/t8-/m1/s1. The monoisotopic (exact) mass is 235 g/mol. The summed E-state index contributed by atoms with van der Waals surface area (Å²) >= 11 is 0. The van der Waals surface area contributed by atoms with Gasteiger partial charge in [0.05, 0.1) is 11.4 Å². The number of anilines is 2. The molecule has 1 saturated heterocycles. The van der Waals surface area contributed by atoms with Crippen LogP contribution in [0.2, 0.25) is 0 Å². The van der Waals surface area contributed by atoms with Gasteiger partial charge in [0.15, 0.2) is 0 Å². The second-order valence-electron chi connectivity index (χ2n) is 4.25. The first kappa shape index (κ1) is 11.7. The second-order valence-corrected chi connectivity index (χ2v) is 4.25. The van der Waals surface area contributed by atoms with Gasteiger partial charge in [-0.05, 0) is 31.0 Å². The van der Waals surface area contributed by atoms with Crippen LogP contribution in [0.3, 0.4) is 0 Å². The Morgan fingerprint density at radius 3 is 2.76 bits per heavy atom. The third kappa shape index (κ3) is 2.50. The van der Waals surface area contributed by atoms with Crippen LogP contribution in [0, 0.1) is 0 Å². The SMILES string of the molecule is C[C@H]1OCN(CCc2ccc(N)c(N)c2)C1=O. The molecule has 1 fully saturated rings. The van der Waals surface area contributed by atoms with Crippen LogP contribution in [-0.4, -0.2) is 30.2 Å². The highest BCUT2D eigenvalue weighted by atomic mass is 16.5.